The van der Waals surface area contributed by atoms with Crippen molar-refractivity contribution >= 4 is 33.3 Å². The fourth-order valence-corrected chi connectivity index (χ4v) is 4.82. The van der Waals surface area contributed by atoms with E-state index in [9.17, 15) is 0 Å². The first-order chi connectivity index (χ1) is 11.0. The molecule has 0 radical (unpaired) electrons. The van der Waals surface area contributed by atoms with Crippen molar-refractivity contribution in [2.24, 2.45) is 5.92 Å². The Labute approximate surface area is 144 Å². The molecular formula is C16H21N5S2. The van der Waals surface area contributed by atoms with E-state index in [0.29, 0.717) is 5.92 Å². The van der Waals surface area contributed by atoms with Gasteiger partial charge in [0.25, 0.3) is 0 Å². The second-order valence-corrected chi connectivity index (χ2v) is 7.81. The Morgan fingerprint density at radius 3 is 2.70 bits per heavy atom. The topological polar surface area (TPSA) is 56.5 Å². The van der Waals surface area contributed by atoms with Crippen LogP contribution in [0.25, 0.3) is 10.2 Å². The second-order valence-electron chi connectivity index (χ2n) is 5.99. The molecule has 23 heavy (non-hydrogen) atoms. The number of hydrogen-bond acceptors (Lipinski definition) is 6. The van der Waals surface area contributed by atoms with Crippen LogP contribution in [0.15, 0.2) is 15.6 Å². The number of rotatable bonds is 5. The van der Waals surface area contributed by atoms with Crippen LogP contribution in [0, 0.1) is 19.8 Å². The van der Waals surface area contributed by atoms with Gasteiger partial charge in [-0.2, -0.15) is 0 Å². The van der Waals surface area contributed by atoms with Gasteiger partial charge in [0.15, 0.2) is 5.16 Å². The summed E-state index contributed by atoms with van der Waals surface area (Å²) in [5.41, 5.74) is 1.33. The summed E-state index contributed by atoms with van der Waals surface area (Å²) in [7, 11) is 0. The number of aryl methyl sites for hydroxylation is 2. The first-order valence-electron chi connectivity index (χ1n) is 7.82. The molecule has 0 aliphatic rings. The number of fused-ring (bicyclic) bond motifs is 1. The Morgan fingerprint density at radius 1 is 1.22 bits per heavy atom. The molecule has 0 aliphatic carbocycles. The third-order valence-electron chi connectivity index (χ3n) is 3.62. The highest BCUT2D eigenvalue weighted by atomic mass is 32.2. The zero-order chi connectivity index (χ0) is 16.6. The fraction of sp³-hybridized carbons (Fsp3) is 0.500. The van der Waals surface area contributed by atoms with Gasteiger partial charge in [-0.25, -0.2) is 9.97 Å². The van der Waals surface area contributed by atoms with Crippen molar-refractivity contribution in [1.29, 1.82) is 0 Å². The maximum atomic E-state index is 4.70. The predicted octanol–water partition coefficient (Wildman–Crippen LogP) is 4.27. The summed E-state index contributed by atoms with van der Waals surface area (Å²) in [6.07, 6.45) is 1.04. The van der Waals surface area contributed by atoms with Gasteiger partial charge in [0.1, 0.15) is 21.5 Å². The van der Waals surface area contributed by atoms with Gasteiger partial charge < -0.3 is 4.57 Å². The molecule has 0 fully saturated rings. The van der Waals surface area contributed by atoms with Crippen molar-refractivity contribution in [3.63, 3.8) is 0 Å². The molecule has 3 rings (SSSR count). The maximum absolute atomic E-state index is 4.70. The molecule has 3 heterocycles. The van der Waals surface area contributed by atoms with E-state index >= 15 is 0 Å². The van der Waals surface area contributed by atoms with Crippen LogP contribution < -0.4 is 0 Å². The standard InChI is InChI=1S/C16H21N5S2/c1-6-21-11(5)19-20-16(21)23-15-13-12(7-9(2)3)8-22-14(13)17-10(4)18-15/h8-9H,6-7H2,1-5H3. The first kappa shape index (κ1) is 16.4. The molecule has 0 atom stereocenters. The van der Waals surface area contributed by atoms with Gasteiger partial charge in [-0.3, -0.25) is 0 Å². The molecule has 0 amide bonds. The predicted molar refractivity (Wildman–Crippen MR) is 95.3 cm³/mol. The van der Waals surface area contributed by atoms with Gasteiger partial charge in [-0.15, -0.1) is 21.5 Å². The Morgan fingerprint density at radius 2 is 2.00 bits per heavy atom. The minimum atomic E-state index is 0.605. The van der Waals surface area contributed by atoms with E-state index in [1.165, 1.54) is 10.9 Å². The van der Waals surface area contributed by atoms with Crippen LogP contribution in [-0.2, 0) is 13.0 Å². The van der Waals surface area contributed by atoms with Crippen molar-refractivity contribution < 1.29 is 0 Å². The van der Waals surface area contributed by atoms with Gasteiger partial charge in [0.2, 0.25) is 0 Å². The van der Waals surface area contributed by atoms with E-state index in [-0.39, 0.29) is 0 Å². The van der Waals surface area contributed by atoms with Crippen LogP contribution in [0.4, 0.5) is 0 Å². The van der Waals surface area contributed by atoms with Gasteiger partial charge in [0, 0.05) is 11.9 Å². The lowest BCUT2D eigenvalue weighted by Gasteiger charge is -2.08. The minimum Gasteiger partial charge on any atom is -0.306 e. The molecule has 122 valence electrons. The largest absolute Gasteiger partial charge is 0.306 e. The van der Waals surface area contributed by atoms with Crippen molar-refractivity contribution in [3.05, 3.63) is 22.6 Å². The molecule has 0 unspecified atom stereocenters. The number of aromatic nitrogens is 5. The smallest absolute Gasteiger partial charge is 0.197 e. The maximum Gasteiger partial charge on any atom is 0.197 e. The van der Waals surface area contributed by atoms with Crippen molar-refractivity contribution in [2.75, 3.05) is 0 Å². The van der Waals surface area contributed by atoms with E-state index in [1.54, 1.807) is 23.1 Å². The normalized spacial score (nSPS) is 11.7. The van der Waals surface area contributed by atoms with Crippen LogP contribution in [0.2, 0.25) is 0 Å². The molecule has 3 aromatic rings. The van der Waals surface area contributed by atoms with Crippen LogP contribution in [-0.4, -0.2) is 24.7 Å². The molecular weight excluding hydrogens is 326 g/mol. The number of hydrogen-bond donors (Lipinski definition) is 0. The van der Waals surface area contributed by atoms with Gasteiger partial charge in [0.05, 0.1) is 0 Å². The van der Waals surface area contributed by atoms with E-state index in [1.807, 2.05) is 13.8 Å². The quantitative estimate of drug-likeness (QED) is 0.645. The number of nitrogens with zero attached hydrogens (tertiary/aromatic N) is 5. The Kier molecular flexibility index (Phi) is 4.68. The average molecular weight is 348 g/mol. The zero-order valence-electron chi connectivity index (χ0n) is 14.1. The molecule has 3 aromatic heterocycles. The highest BCUT2D eigenvalue weighted by Crippen LogP contribution is 2.36. The highest BCUT2D eigenvalue weighted by molar-refractivity contribution is 7.99. The number of thiophene rings is 1. The van der Waals surface area contributed by atoms with Crippen LogP contribution >= 0.6 is 23.1 Å². The summed E-state index contributed by atoms with van der Waals surface area (Å²) >= 11 is 3.30. The summed E-state index contributed by atoms with van der Waals surface area (Å²) < 4.78 is 2.11. The zero-order valence-corrected chi connectivity index (χ0v) is 15.8. The van der Waals surface area contributed by atoms with Crippen molar-refractivity contribution in [3.8, 4) is 0 Å². The molecule has 0 saturated carbocycles. The van der Waals surface area contributed by atoms with E-state index in [2.05, 4.69) is 45.9 Å². The monoisotopic (exact) mass is 347 g/mol. The second kappa shape index (κ2) is 6.57. The molecule has 0 spiro atoms. The van der Waals surface area contributed by atoms with Crippen LogP contribution in [0.3, 0.4) is 0 Å². The molecule has 0 aliphatic heterocycles. The summed E-state index contributed by atoms with van der Waals surface area (Å²) in [4.78, 5) is 10.4. The molecule has 0 saturated heterocycles. The summed E-state index contributed by atoms with van der Waals surface area (Å²) in [6.45, 7) is 11.4. The summed E-state index contributed by atoms with van der Waals surface area (Å²) in [6, 6.07) is 0. The minimum absolute atomic E-state index is 0.605. The average Bonchev–Trinajstić information content (AvgIpc) is 3.02. The van der Waals surface area contributed by atoms with Crippen molar-refractivity contribution in [1.82, 2.24) is 24.7 Å². The van der Waals surface area contributed by atoms with Crippen LogP contribution in [0.5, 0.6) is 0 Å². The third-order valence-corrected chi connectivity index (χ3v) is 5.52. The Bertz CT molecular complexity index is 834. The first-order valence-corrected chi connectivity index (χ1v) is 9.51. The lowest BCUT2D eigenvalue weighted by molar-refractivity contribution is 0.650. The van der Waals surface area contributed by atoms with Crippen molar-refractivity contribution in [2.45, 2.75) is 57.8 Å². The lowest BCUT2D eigenvalue weighted by atomic mass is 10.0. The Balaban J connectivity index is 2.09. The highest BCUT2D eigenvalue weighted by Gasteiger charge is 2.17. The summed E-state index contributed by atoms with van der Waals surface area (Å²) in [5.74, 6) is 2.34. The Hall–Kier alpha value is -1.47. The third kappa shape index (κ3) is 3.26. The lowest BCUT2D eigenvalue weighted by Crippen LogP contribution is -2.00. The molecule has 7 heteroatoms. The van der Waals surface area contributed by atoms with Gasteiger partial charge >= 0.3 is 0 Å². The van der Waals surface area contributed by atoms with Gasteiger partial charge in [-0.1, -0.05) is 13.8 Å². The molecule has 5 nitrogen and oxygen atoms in total. The van der Waals surface area contributed by atoms with Gasteiger partial charge in [-0.05, 0) is 55.8 Å². The molecule has 0 N–H and O–H groups in total. The SMILES string of the molecule is CCn1c(C)nnc1Sc1nc(C)nc2scc(CC(C)C)c12. The molecule has 0 aromatic carbocycles. The molecule has 0 bridgehead atoms. The van der Waals surface area contributed by atoms with Crippen LogP contribution in [0.1, 0.15) is 38.0 Å². The van der Waals surface area contributed by atoms with E-state index in [4.69, 9.17) is 4.98 Å². The van der Waals surface area contributed by atoms with E-state index in [0.717, 1.165) is 39.6 Å². The summed E-state index contributed by atoms with van der Waals surface area (Å²) in [5, 5.41) is 13.8. The van der Waals surface area contributed by atoms with E-state index < -0.39 is 0 Å². The fourth-order valence-electron chi connectivity index (χ4n) is 2.62.